The molecule has 1 saturated heterocycles. The van der Waals surface area contributed by atoms with Crippen LogP contribution < -0.4 is 0 Å². The molecule has 3 nitrogen and oxygen atoms in total. The minimum absolute atomic E-state index is 0.0132. The average Bonchev–Trinajstić information content (AvgIpc) is 2.57. The Balaban J connectivity index is 2.02. The first-order chi connectivity index (χ1) is 11.6. The Morgan fingerprint density at radius 1 is 1.25 bits per heavy atom. The highest BCUT2D eigenvalue weighted by atomic mass is 35.5. The van der Waals surface area contributed by atoms with Gasteiger partial charge in [0.05, 0.1) is 12.0 Å². The van der Waals surface area contributed by atoms with Crippen molar-refractivity contribution in [2.75, 3.05) is 13.1 Å². The highest BCUT2D eigenvalue weighted by molar-refractivity contribution is 6.31. The molecule has 0 bridgehead atoms. The van der Waals surface area contributed by atoms with E-state index in [-0.39, 0.29) is 12.0 Å². The number of nitrogens with zero attached hydrogens (tertiary/aromatic N) is 1. The molecule has 2 atom stereocenters. The lowest BCUT2D eigenvalue weighted by Crippen LogP contribution is -2.41. The molecule has 1 aliphatic rings. The maximum atomic E-state index is 11.5. The van der Waals surface area contributed by atoms with Gasteiger partial charge < -0.3 is 5.11 Å². The second kappa shape index (κ2) is 7.37. The third kappa shape index (κ3) is 3.63. The van der Waals surface area contributed by atoms with Gasteiger partial charge in [-0.3, -0.25) is 9.69 Å². The van der Waals surface area contributed by atoms with Crippen molar-refractivity contribution in [1.29, 1.82) is 0 Å². The molecule has 1 heterocycles. The van der Waals surface area contributed by atoms with Crippen molar-refractivity contribution in [3.05, 3.63) is 70.2 Å². The van der Waals surface area contributed by atoms with Crippen LogP contribution in [0.2, 0.25) is 5.02 Å². The van der Waals surface area contributed by atoms with Gasteiger partial charge in [-0.25, -0.2) is 0 Å². The van der Waals surface area contributed by atoms with Gasteiger partial charge in [-0.05, 0) is 43.5 Å². The van der Waals surface area contributed by atoms with Gasteiger partial charge in [0.25, 0.3) is 0 Å². The van der Waals surface area contributed by atoms with E-state index in [2.05, 4.69) is 30.0 Å². The fourth-order valence-electron chi connectivity index (χ4n) is 3.57. The number of rotatable bonds is 4. The van der Waals surface area contributed by atoms with Crippen LogP contribution in [0.5, 0.6) is 0 Å². The van der Waals surface area contributed by atoms with Crippen molar-refractivity contribution >= 4 is 17.6 Å². The Morgan fingerprint density at radius 3 is 2.75 bits per heavy atom. The van der Waals surface area contributed by atoms with Gasteiger partial charge in [-0.2, -0.15) is 0 Å². The summed E-state index contributed by atoms with van der Waals surface area (Å²) in [5.74, 6) is -1.02. The van der Waals surface area contributed by atoms with Crippen LogP contribution in [-0.4, -0.2) is 29.1 Å². The lowest BCUT2D eigenvalue weighted by Gasteiger charge is -2.38. The number of aryl methyl sites for hydroxylation is 1. The fraction of sp³-hybridized carbons (Fsp3) is 0.350. The number of halogens is 1. The number of carboxylic acid groups (broad SMARTS) is 1. The minimum atomic E-state index is -0.707. The van der Waals surface area contributed by atoms with Gasteiger partial charge in [-0.1, -0.05) is 59.6 Å². The van der Waals surface area contributed by atoms with E-state index in [4.69, 9.17) is 11.6 Å². The van der Waals surface area contributed by atoms with Crippen LogP contribution in [-0.2, 0) is 4.79 Å². The molecule has 126 valence electrons. The number of carboxylic acids is 1. The monoisotopic (exact) mass is 343 g/mol. The third-order valence-corrected chi connectivity index (χ3v) is 5.07. The molecule has 24 heavy (non-hydrogen) atoms. The van der Waals surface area contributed by atoms with Gasteiger partial charge >= 0.3 is 5.97 Å². The molecule has 2 unspecified atom stereocenters. The van der Waals surface area contributed by atoms with E-state index < -0.39 is 5.97 Å². The number of benzene rings is 2. The van der Waals surface area contributed by atoms with E-state index in [1.807, 2.05) is 30.3 Å². The van der Waals surface area contributed by atoms with Crippen molar-refractivity contribution in [3.63, 3.8) is 0 Å². The second-order valence-corrected chi connectivity index (χ2v) is 6.92. The van der Waals surface area contributed by atoms with Gasteiger partial charge in [0.2, 0.25) is 0 Å². The number of carbonyl (C=O) groups is 1. The first kappa shape index (κ1) is 17.0. The molecule has 2 aromatic carbocycles. The van der Waals surface area contributed by atoms with Crippen LogP contribution in [0.15, 0.2) is 48.5 Å². The smallest absolute Gasteiger partial charge is 0.307 e. The van der Waals surface area contributed by atoms with Crippen LogP contribution in [0.25, 0.3) is 0 Å². The van der Waals surface area contributed by atoms with Crippen molar-refractivity contribution in [3.8, 4) is 0 Å². The standard InChI is InChI=1S/C20H22ClNO2/c1-14-6-4-7-15(12-14)19(17-9-2-3-10-18(17)21)22-11-5-8-16(13-22)20(23)24/h2-4,6-7,9-10,12,16,19H,5,8,11,13H2,1H3,(H,23,24). The molecular weight excluding hydrogens is 322 g/mol. The lowest BCUT2D eigenvalue weighted by molar-refractivity contribution is -0.143. The average molecular weight is 344 g/mol. The van der Waals surface area contributed by atoms with Crippen LogP contribution in [0.3, 0.4) is 0 Å². The largest absolute Gasteiger partial charge is 0.481 e. The Morgan fingerprint density at radius 2 is 2.04 bits per heavy atom. The van der Waals surface area contributed by atoms with E-state index in [1.165, 1.54) is 5.56 Å². The molecule has 0 radical (unpaired) electrons. The summed E-state index contributed by atoms with van der Waals surface area (Å²) in [7, 11) is 0. The molecule has 1 fully saturated rings. The Labute approximate surface area is 147 Å². The molecule has 4 heteroatoms. The molecule has 0 aromatic heterocycles. The van der Waals surface area contributed by atoms with Gasteiger partial charge in [0, 0.05) is 11.6 Å². The van der Waals surface area contributed by atoms with Crippen molar-refractivity contribution in [1.82, 2.24) is 4.90 Å². The Kier molecular flexibility index (Phi) is 5.22. The third-order valence-electron chi connectivity index (χ3n) is 4.72. The first-order valence-electron chi connectivity index (χ1n) is 8.34. The molecule has 3 rings (SSSR count). The predicted octanol–water partition coefficient (Wildman–Crippen LogP) is 4.53. The topological polar surface area (TPSA) is 40.5 Å². The van der Waals surface area contributed by atoms with Crippen LogP contribution in [0, 0.1) is 12.8 Å². The van der Waals surface area contributed by atoms with Crippen molar-refractivity contribution in [2.45, 2.75) is 25.8 Å². The highest BCUT2D eigenvalue weighted by Crippen LogP contribution is 2.36. The summed E-state index contributed by atoms with van der Waals surface area (Å²) in [6, 6.07) is 16.2. The van der Waals surface area contributed by atoms with Crippen LogP contribution >= 0.6 is 11.6 Å². The molecule has 0 aliphatic carbocycles. The second-order valence-electron chi connectivity index (χ2n) is 6.51. The van der Waals surface area contributed by atoms with E-state index in [0.29, 0.717) is 6.54 Å². The zero-order valence-electron chi connectivity index (χ0n) is 13.8. The fourth-order valence-corrected chi connectivity index (χ4v) is 3.81. The van der Waals surface area contributed by atoms with Gasteiger partial charge in [0.1, 0.15) is 0 Å². The van der Waals surface area contributed by atoms with E-state index in [9.17, 15) is 9.90 Å². The summed E-state index contributed by atoms with van der Waals surface area (Å²) >= 11 is 6.48. The lowest BCUT2D eigenvalue weighted by atomic mass is 9.91. The molecule has 1 aliphatic heterocycles. The highest BCUT2D eigenvalue weighted by Gasteiger charge is 2.32. The maximum Gasteiger partial charge on any atom is 0.307 e. The number of piperidine rings is 1. The molecule has 2 aromatic rings. The van der Waals surface area contributed by atoms with Crippen LogP contribution in [0.4, 0.5) is 0 Å². The zero-order valence-corrected chi connectivity index (χ0v) is 14.5. The summed E-state index contributed by atoms with van der Waals surface area (Å²) in [5.41, 5.74) is 3.39. The van der Waals surface area contributed by atoms with E-state index in [0.717, 1.165) is 35.5 Å². The molecular formula is C20H22ClNO2. The Hall–Kier alpha value is -1.84. The predicted molar refractivity (Wildman–Crippen MR) is 96.4 cm³/mol. The Bertz CT molecular complexity index is 731. The number of hydrogen-bond donors (Lipinski definition) is 1. The molecule has 1 N–H and O–H groups in total. The number of hydrogen-bond acceptors (Lipinski definition) is 2. The van der Waals surface area contributed by atoms with E-state index in [1.54, 1.807) is 0 Å². The maximum absolute atomic E-state index is 11.5. The number of aliphatic carboxylic acids is 1. The summed E-state index contributed by atoms with van der Waals surface area (Å²) in [5, 5.41) is 10.1. The molecule has 0 saturated carbocycles. The van der Waals surface area contributed by atoms with Crippen LogP contribution in [0.1, 0.15) is 35.6 Å². The summed E-state index contributed by atoms with van der Waals surface area (Å²) in [4.78, 5) is 13.7. The van der Waals surface area contributed by atoms with Gasteiger partial charge in [0.15, 0.2) is 0 Å². The zero-order chi connectivity index (χ0) is 17.1. The minimum Gasteiger partial charge on any atom is -0.481 e. The molecule has 0 amide bonds. The van der Waals surface area contributed by atoms with E-state index >= 15 is 0 Å². The quantitative estimate of drug-likeness (QED) is 0.886. The van der Waals surface area contributed by atoms with Crippen molar-refractivity contribution in [2.24, 2.45) is 5.92 Å². The summed E-state index contributed by atoms with van der Waals surface area (Å²) in [6.07, 6.45) is 1.64. The first-order valence-corrected chi connectivity index (χ1v) is 8.72. The van der Waals surface area contributed by atoms with Crippen molar-refractivity contribution < 1.29 is 9.90 Å². The number of likely N-dealkylation sites (tertiary alicyclic amines) is 1. The van der Waals surface area contributed by atoms with Gasteiger partial charge in [-0.15, -0.1) is 0 Å². The molecule has 0 spiro atoms. The summed E-state index contributed by atoms with van der Waals surface area (Å²) < 4.78 is 0. The summed E-state index contributed by atoms with van der Waals surface area (Å²) in [6.45, 7) is 3.51. The normalized spacial score (nSPS) is 19.8. The SMILES string of the molecule is Cc1cccc(C(c2ccccc2Cl)N2CCCC(C(=O)O)C2)c1.